The Morgan fingerprint density at radius 1 is 0.912 bits per heavy atom. The maximum absolute atomic E-state index is 13.8. The summed E-state index contributed by atoms with van der Waals surface area (Å²) in [5.41, 5.74) is 7.59. The summed E-state index contributed by atoms with van der Waals surface area (Å²) in [6.07, 6.45) is 0.524. The van der Waals surface area contributed by atoms with Gasteiger partial charge in [0.15, 0.2) is 0 Å². The van der Waals surface area contributed by atoms with Gasteiger partial charge >= 0.3 is 0 Å². The highest BCUT2D eigenvalue weighted by Crippen LogP contribution is 2.42. The van der Waals surface area contributed by atoms with Gasteiger partial charge in [-0.3, -0.25) is 9.59 Å². The number of benzene rings is 3. The van der Waals surface area contributed by atoms with Crippen molar-refractivity contribution < 1.29 is 9.59 Å². The van der Waals surface area contributed by atoms with E-state index in [9.17, 15) is 9.59 Å². The molecule has 2 aliphatic heterocycles. The summed E-state index contributed by atoms with van der Waals surface area (Å²) in [4.78, 5) is 34.6. The maximum atomic E-state index is 13.8. The van der Waals surface area contributed by atoms with Crippen LogP contribution in [0.3, 0.4) is 0 Å². The van der Waals surface area contributed by atoms with E-state index in [-0.39, 0.29) is 24.4 Å². The number of amides is 2. The summed E-state index contributed by atoms with van der Waals surface area (Å²) >= 11 is 0. The van der Waals surface area contributed by atoms with Gasteiger partial charge in [-0.25, -0.2) is 0 Å². The zero-order valence-electron chi connectivity index (χ0n) is 19.4. The molecule has 0 radical (unpaired) electrons. The number of aryl methyl sites for hydroxylation is 2. The fourth-order valence-electron chi connectivity index (χ4n) is 5.56. The lowest BCUT2D eigenvalue weighted by Gasteiger charge is -2.47. The first-order chi connectivity index (χ1) is 16.5. The number of rotatable bonds is 3. The third-order valence-electron chi connectivity index (χ3n) is 7.19. The van der Waals surface area contributed by atoms with Crippen molar-refractivity contribution in [3.05, 3.63) is 106 Å². The molecule has 2 atom stereocenters. The Balaban J connectivity index is 1.45. The fraction of sp³-hybridized carbons (Fsp3) is 0.241. The van der Waals surface area contributed by atoms with Gasteiger partial charge in [0.25, 0.3) is 0 Å². The van der Waals surface area contributed by atoms with Gasteiger partial charge in [0, 0.05) is 29.6 Å². The van der Waals surface area contributed by atoms with Gasteiger partial charge in [0.1, 0.15) is 12.6 Å². The van der Waals surface area contributed by atoms with Crippen LogP contribution in [-0.2, 0) is 22.6 Å². The van der Waals surface area contributed by atoms with Crippen LogP contribution in [-0.4, -0.2) is 39.2 Å². The average Bonchev–Trinajstić information content (AvgIpc) is 3.21. The number of hydrogen-bond acceptors (Lipinski definition) is 2. The van der Waals surface area contributed by atoms with E-state index >= 15 is 0 Å². The molecule has 1 aromatic heterocycles. The number of fused-ring (bicyclic) bond motifs is 4. The summed E-state index contributed by atoms with van der Waals surface area (Å²) in [6, 6.07) is 23.8. The smallest absolute Gasteiger partial charge is 0.246 e. The molecule has 170 valence electrons. The second-order valence-corrected chi connectivity index (χ2v) is 9.58. The summed E-state index contributed by atoms with van der Waals surface area (Å²) in [7, 11) is 0. The molecule has 4 aromatic rings. The lowest BCUT2D eigenvalue weighted by Crippen LogP contribution is -2.62. The van der Waals surface area contributed by atoms with Gasteiger partial charge in [-0.05, 0) is 36.6 Å². The van der Waals surface area contributed by atoms with E-state index in [4.69, 9.17) is 0 Å². The van der Waals surface area contributed by atoms with E-state index < -0.39 is 6.04 Å². The Bertz CT molecular complexity index is 1420. The second kappa shape index (κ2) is 7.87. The van der Waals surface area contributed by atoms with E-state index in [2.05, 4.69) is 42.2 Å². The number of nitrogens with zero attached hydrogens (tertiary/aromatic N) is 2. The molecular formula is C29H27N3O2. The Labute approximate surface area is 199 Å². The molecule has 34 heavy (non-hydrogen) atoms. The van der Waals surface area contributed by atoms with Gasteiger partial charge < -0.3 is 14.8 Å². The van der Waals surface area contributed by atoms with Crippen LogP contribution < -0.4 is 0 Å². The highest BCUT2D eigenvalue weighted by Gasteiger charge is 2.48. The highest BCUT2D eigenvalue weighted by atomic mass is 16.2. The monoisotopic (exact) mass is 449 g/mol. The molecule has 2 aliphatic rings. The molecule has 3 aromatic carbocycles. The first-order valence-corrected chi connectivity index (χ1v) is 11.8. The van der Waals surface area contributed by atoms with Crippen LogP contribution in [0.5, 0.6) is 0 Å². The number of para-hydroxylation sites is 1. The number of aromatic amines is 1. The summed E-state index contributed by atoms with van der Waals surface area (Å²) in [6.45, 7) is 4.65. The number of carbonyl (C=O) groups excluding carboxylic acids is 2. The molecule has 2 amide bonds. The normalized spacial score (nSPS) is 19.9. The van der Waals surface area contributed by atoms with E-state index in [1.54, 1.807) is 4.90 Å². The van der Waals surface area contributed by atoms with Crippen molar-refractivity contribution in [3.63, 3.8) is 0 Å². The summed E-state index contributed by atoms with van der Waals surface area (Å²) in [5, 5.41) is 1.13. The van der Waals surface area contributed by atoms with E-state index in [0.29, 0.717) is 13.0 Å². The predicted molar refractivity (Wildman–Crippen MR) is 132 cm³/mol. The zero-order valence-corrected chi connectivity index (χ0v) is 19.4. The van der Waals surface area contributed by atoms with Gasteiger partial charge in [0.05, 0.1) is 6.04 Å². The first-order valence-electron chi connectivity index (χ1n) is 11.8. The molecule has 5 heteroatoms. The molecule has 0 unspecified atom stereocenters. The van der Waals surface area contributed by atoms with Crippen LogP contribution in [0.2, 0.25) is 0 Å². The van der Waals surface area contributed by atoms with Crippen molar-refractivity contribution >= 4 is 22.7 Å². The Hall–Kier alpha value is -3.86. The molecular weight excluding hydrogens is 422 g/mol. The molecule has 0 spiro atoms. The van der Waals surface area contributed by atoms with Crippen LogP contribution in [0.4, 0.5) is 0 Å². The van der Waals surface area contributed by atoms with Gasteiger partial charge in [-0.15, -0.1) is 0 Å². The minimum atomic E-state index is -0.510. The second-order valence-electron chi connectivity index (χ2n) is 9.58. The maximum Gasteiger partial charge on any atom is 0.246 e. The van der Waals surface area contributed by atoms with Crippen molar-refractivity contribution in [3.8, 4) is 0 Å². The van der Waals surface area contributed by atoms with Crippen LogP contribution in [0.25, 0.3) is 10.9 Å². The minimum Gasteiger partial charge on any atom is -0.356 e. The zero-order chi connectivity index (χ0) is 23.4. The molecule has 0 saturated carbocycles. The van der Waals surface area contributed by atoms with Crippen LogP contribution >= 0.6 is 0 Å². The summed E-state index contributed by atoms with van der Waals surface area (Å²) in [5.74, 6) is 0.0151. The largest absolute Gasteiger partial charge is 0.356 e. The molecule has 6 rings (SSSR count). The minimum absolute atomic E-state index is 0.00692. The topological polar surface area (TPSA) is 56.4 Å². The number of nitrogens with one attached hydrogen (secondary N) is 1. The fourth-order valence-corrected chi connectivity index (χ4v) is 5.56. The van der Waals surface area contributed by atoms with E-state index in [1.165, 1.54) is 5.56 Å². The molecule has 3 heterocycles. The van der Waals surface area contributed by atoms with Crippen molar-refractivity contribution in [2.24, 2.45) is 0 Å². The average molecular weight is 450 g/mol. The molecule has 1 N–H and O–H groups in total. The molecule has 1 saturated heterocycles. The predicted octanol–water partition coefficient (Wildman–Crippen LogP) is 4.67. The number of carbonyl (C=O) groups is 2. The third-order valence-corrected chi connectivity index (χ3v) is 7.19. The SMILES string of the molecule is Cc1ccc(CN2CC(=O)N3[C@H](c4cccc(C)c4)c4[nH]c5ccccc5c4C[C@H]3C2=O)cc1. The standard InChI is InChI=1S/C29H27N3O2/c1-18-10-12-20(13-11-18)16-31-17-26(33)32-25(29(31)34)15-23-22-8-3-4-9-24(22)30-27(23)28(32)21-7-5-6-19(2)14-21/h3-14,25,28,30H,15-17H2,1-2H3/t25-,28+/m0/s1. The van der Waals surface area contributed by atoms with Gasteiger partial charge in [-0.2, -0.15) is 0 Å². The highest BCUT2D eigenvalue weighted by molar-refractivity contribution is 5.97. The van der Waals surface area contributed by atoms with Crippen molar-refractivity contribution in [2.75, 3.05) is 6.54 Å². The third kappa shape index (κ3) is 3.31. The molecule has 5 nitrogen and oxygen atoms in total. The van der Waals surface area contributed by atoms with Crippen LogP contribution in [0.1, 0.15) is 39.6 Å². The summed E-state index contributed by atoms with van der Waals surface area (Å²) < 4.78 is 0. The lowest BCUT2D eigenvalue weighted by molar-refractivity contribution is -0.159. The number of hydrogen-bond donors (Lipinski definition) is 1. The van der Waals surface area contributed by atoms with E-state index in [0.717, 1.165) is 38.9 Å². The first kappa shape index (κ1) is 20.7. The van der Waals surface area contributed by atoms with Gasteiger partial charge in [-0.1, -0.05) is 77.9 Å². The molecule has 0 aliphatic carbocycles. The Morgan fingerprint density at radius 3 is 2.50 bits per heavy atom. The van der Waals surface area contributed by atoms with E-state index in [1.807, 2.05) is 54.3 Å². The Kier molecular flexibility index (Phi) is 4.80. The van der Waals surface area contributed by atoms with Crippen LogP contribution in [0.15, 0.2) is 72.8 Å². The van der Waals surface area contributed by atoms with Gasteiger partial charge in [0.2, 0.25) is 11.8 Å². The van der Waals surface area contributed by atoms with Crippen molar-refractivity contribution in [1.29, 1.82) is 0 Å². The lowest BCUT2D eigenvalue weighted by atomic mass is 9.86. The molecule has 1 fully saturated rings. The number of piperazine rings is 1. The quantitative estimate of drug-likeness (QED) is 0.494. The van der Waals surface area contributed by atoms with Crippen molar-refractivity contribution in [2.45, 2.75) is 38.9 Å². The van der Waals surface area contributed by atoms with Crippen LogP contribution in [0, 0.1) is 13.8 Å². The molecule has 0 bridgehead atoms. The van der Waals surface area contributed by atoms with Crippen molar-refractivity contribution in [1.82, 2.24) is 14.8 Å². The Morgan fingerprint density at radius 2 is 1.71 bits per heavy atom. The number of H-pyrrole nitrogens is 1. The number of aromatic nitrogens is 1.